The van der Waals surface area contributed by atoms with E-state index in [2.05, 4.69) is 15.7 Å². The van der Waals surface area contributed by atoms with Gasteiger partial charge in [-0.3, -0.25) is 9.48 Å². The highest BCUT2D eigenvalue weighted by Crippen LogP contribution is 2.44. The van der Waals surface area contributed by atoms with Crippen LogP contribution in [-0.4, -0.2) is 51.6 Å². The predicted octanol–water partition coefficient (Wildman–Crippen LogP) is 4.17. The molecule has 3 unspecified atom stereocenters. The van der Waals surface area contributed by atoms with Gasteiger partial charge in [0.15, 0.2) is 6.04 Å². The molecule has 1 aliphatic rings. The molecule has 3 atom stereocenters. The second-order valence-electron chi connectivity index (χ2n) is 10.1. The number of aryl methyl sites for hydroxylation is 1. The van der Waals surface area contributed by atoms with Crippen LogP contribution in [0.25, 0.3) is 11.1 Å². The maximum absolute atomic E-state index is 13.5. The molecule has 1 heterocycles. The van der Waals surface area contributed by atoms with Crippen molar-refractivity contribution in [1.82, 2.24) is 20.4 Å². The summed E-state index contributed by atoms with van der Waals surface area (Å²) in [6.45, 7) is 1.87. The van der Waals surface area contributed by atoms with E-state index in [-0.39, 0.29) is 24.8 Å². The Kier molecular flexibility index (Phi) is 8.63. The molecule has 0 bridgehead atoms. The van der Waals surface area contributed by atoms with E-state index < -0.39 is 36.2 Å². The van der Waals surface area contributed by atoms with Crippen molar-refractivity contribution in [3.8, 4) is 11.1 Å². The van der Waals surface area contributed by atoms with Crippen LogP contribution in [-0.2, 0) is 32.7 Å². The van der Waals surface area contributed by atoms with Gasteiger partial charge in [0.1, 0.15) is 12.6 Å². The fourth-order valence-electron chi connectivity index (χ4n) is 5.22. The number of amides is 2. The molecule has 2 amide bonds. The molecule has 1 aliphatic carbocycles. The summed E-state index contributed by atoms with van der Waals surface area (Å²) in [5, 5.41) is 19.0. The number of alkyl carbamates (subject to hydrolysis) is 1. The van der Waals surface area contributed by atoms with Crippen molar-refractivity contribution in [3.05, 3.63) is 114 Å². The molecule has 42 heavy (non-hydrogen) atoms. The number of hydrogen-bond donors (Lipinski definition) is 3. The van der Waals surface area contributed by atoms with Crippen molar-refractivity contribution in [3.63, 3.8) is 0 Å². The third-order valence-electron chi connectivity index (χ3n) is 7.41. The standard InChI is InChI=1S/C32H32N4O6/c1-20(41-18-21-10-4-3-5-11-21)28(30(37)34-29(31(38)39)27-16-17-33-36(27)2)35-32(40)42-19-26-24-14-8-6-12-22(24)23-13-7-9-15-25(23)26/h3-17,20,26,28-29H,18-19H2,1-2H3,(H,34,37)(H,35,40)(H,38,39). The lowest BCUT2D eigenvalue weighted by Gasteiger charge is -2.26. The molecule has 0 radical (unpaired) electrons. The Bertz CT molecular complexity index is 1520. The molecule has 216 valence electrons. The Labute approximate surface area is 243 Å². The van der Waals surface area contributed by atoms with Crippen molar-refractivity contribution < 1.29 is 29.0 Å². The highest BCUT2D eigenvalue weighted by molar-refractivity contribution is 5.90. The molecule has 3 aromatic carbocycles. The average molecular weight is 569 g/mol. The Balaban J connectivity index is 1.31. The number of hydrogen-bond acceptors (Lipinski definition) is 6. The number of carbonyl (C=O) groups excluding carboxylic acids is 2. The summed E-state index contributed by atoms with van der Waals surface area (Å²) < 4.78 is 13.0. The average Bonchev–Trinajstić information content (AvgIpc) is 3.57. The van der Waals surface area contributed by atoms with Crippen LogP contribution in [0.3, 0.4) is 0 Å². The molecule has 0 saturated carbocycles. The number of carboxylic acids is 1. The predicted molar refractivity (Wildman–Crippen MR) is 154 cm³/mol. The first-order valence-corrected chi connectivity index (χ1v) is 13.6. The van der Waals surface area contributed by atoms with Gasteiger partial charge in [-0.1, -0.05) is 78.9 Å². The molecule has 5 rings (SSSR count). The largest absolute Gasteiger partial charge is 0.479 e. The van der Waals surface area contributed by atoms with Crippen LogP contribution < -0.4 is 10.6 Å². The van der Waals surface area contributed by atoms with Gasteiger partial charge < -0.3 is 25.2 Å². The van der Waals surface area contributed by atoms with Crippen LogP contribution in [0.15, 0.2) is 91.1 Å². The van der Waals surface area contributed by atoms with E-state index in [0.29, 0.717) is 0 Å². The fourth-order valence-corrected chi connectivity index (χ4v) is 5.22. The minimum atomic E-state index is -1.39. The van der Waals surface area contributed by atoms with Gasteiger partial charge >= 0.3 is 12.1 Å². The third-order valence-corrected chi connectivity index (χ3v) is 7.41. The number of nitrogens with zero attached hydrogens (tertiary/aromatic N) is 2. The number of ether oxygens (including phenoxy) is 2. The quantitative estimate of drug-likeness (QED) is 0.247. The van der Waals surface area contributed by atoms with E-state index in [0.717, 1.165) is 27.8 Å². The van der Waals surface area contributed by atoms with E-state index in [1.807, 2.05) is 78.9 Å². The minimum absolute atomic E-state index is 0.0558. The molecule has 10 nitrogen and oxygen atoms in total. The van der Waals surface area contributed by atoms with Gasteiger partial charge in [0.2, 0.25) is 5.91 Å². The lowest BCUT2D eigenvalue weighted by molar-refractivity contribution is -0.143. The summed E-state index contributed by atoms with van der Waals surface area (Å²) >= 11 is 0. The Morgan fingerprint density at radius 3 is 2.12 bits per heavy atom. The van der Waals surface area contributed by atoms with Gasteiger partial charge in [-0.25, -0.2) is 9.59 Å². The Morgan fingerprint density at radius 1 is 0.905 bits per heavy atom. The van der Waals surface area contributed by atoms with E-state index >= 15 is 0 Å². The summed E-state index contributed by atoms with van der Waals surface area (Å²) in [5.41, 5.74) is 5.45. The molecular weight excluding hydrogens is 536 g/mol. The van der Waals surface area contributed by atoms with Crippen molar-refractivity contribution in [2.75, 3.05) is 6.61 Å². The summed E-state index contributed by atoms with van der Waals surface area (Å²) in [5.74, 6) is -2.18. The number of fused-ring (bicyclic) bond motifs is 3. The smallest absolute Gasteiger partial charge is 0.407 e. The molecule has 0 aliphatic heterocycles. The summed E-state index contributed by atoms with van der Waals surface area (Å²) in [7, 11) is 1.58. The van der Waals surface area contributed by atoms with E-state index in [1.165, 1.54) is 16.9 Å². The number of nitrogens with one attached hydrogen (secondary N) is 2. The number of benzene rings is 3. The summed E-state index contributed by atoms with van der Waals surface area (Å²) in [4.78, 5) is 38.7. The zero-order valence-corrected chi connectivity index (χ0v) is 23.3. The van der Waals surface area contributed by atoms with Gasteiger partial charge in [0.25, 0.3) is 0 Å². The zero-order valence-electron chi connectivity index (χ0n) is 23.3. The fraction of sp³-hybridized carbons (Fsp3) is 0.250. The SMILES string of the molecule is CC(OCc1ccccc1)C(NC(=O)OCC1c2ccccc2-c2ccccc21)C(=O)NC(C(=O)O)c1ccnn1C. The van der Waals surface area contributed by atoms with Gasteiger partial charge in [0.05, 0.1) is 18.4 Å². The topological polar surface area (TPSA) is 132 Å². The second-order valence-corrected chi connectivity index (χ2v) is 10.1. The number of carbonyl (C=O) groups is 3. The molecule has 4 aromatic rings. The summed E-state index contributed by atoms with van der Waals surface area (Å²) in [6, 6.07) is 24.2. The summed E-state index contributed by atoms with van der Waals surface area (Å²) in [6.07, 6.45) is -0.207. The van der Waals surface area contributed by atoms with E-state index in [1.54, 1.807) is 14.0 Å². The monoisotopic (exact) mass is 568 g/mol. The van der Waals surface area contributed by atoms with Gasteiger partial charge in [-0.15, -0.1) is 0 Å². The first kappa shape index (κ1) is 28.6. The van der Waals surface area contributed by atoms with Crippen LogP contribution >= 0.6 is 0 Å². The lowest BCUT2D eigenvalue weighted by atomic mass is 9.98. The van der Waals surface area contributed by atoms with Crippen LogP contribution in [0.4, 0.5) is 4.79 Å². The minimum Gasteiger partial charge on any atom is -0.479 e. The second kappa shape index (κ2) is 12.7. The molecule has 10 heteroatoms. The van der Waals surface area contributed by atoms with Crippen LogP contribution in [0.5, 0.6) is 0 Å². The zero-order chi connectivity index (χ0) is 29.6. The highest BCUT2D eigenvalue weighted by atomic mass is 16.5. The normalized spacial score (nSPS) is 14.2. The Morgan fingerprint density at radius 2 is 1.52 bits per heavy atom. The van der Waals surface area contributed by atoms with E-state index in [9.17, 15) is 19.5 Å². The lowest BCUT2D eigenvalue weighted by Crippen LogP contribution is -2.54. The maximum atomic E-state index is 13.5. The number of aliphatic carboxylic acids is 1. The van der Waals surface area contributed by atoms with Gasteiger partial charge in [0, 0.05) is 19.2 Å². The molecule has 0 fully saturated rings. The molecule has 0 spiro atoms. The van der Waals surface area contributed by atoms with Gasteiger partial charge in [-0.05, 0) is 40.8 Å². The third kappa shape index (κ3) is 6.18. The van der Waals surface area contributed by atoms with Crippen LogP contribution in [0, 0.1) is 0 Å². The molecular formula is C32H32N4O6. The number of aromatic nitrogens is 2. The van der Waals surface area contributed by atoms with Crippen molar-refractivity contribution >= 4 is 18.0 Å². The van der Waals surface area contributed by atoms with Crippen molar-refractivity contribution in [2.45, 2.75) is 37.6 Å². The van der Waals surface area contributed by atoms with Crippen LogP contribution in [0.2, 0.25) is 0 Å². The molecule has 3 N–H and O–H groups in total. The number of rotatable bonds is 11. The highest BCUT2D eigenvalue weighted by Gasteiger charge is 2.34. The maximum Gasteiger partial charge on any atom is 0.407 e. The molecule has 1 aromatic heterocycles. The first-order valence-electron chi connectivity index (χ1n) is 13.6. The van der Waals surface area contributed by atoms with Gasteiger partial charge in [-0.2, -0.15) is 5.10 Å². The Hall–Kier alpha value is -4.96. The number of carboxylic acid groups (broad SMARTS) is 1. The van der Waals surface area contributed by atoms with Crippen molar-refractivity contribution in [2.24, 2.45) is 7.05 Å². The first-order chi connectivity index (χ1) is 20.3. The van der Waals surface area contributed by atoms with E-state index in [4.69, 9.17) is 9.47 Å². The van der Waals surface area contributed by atoms with Crippen molar-refractivity contribution in [1.29, 1.82) is 0 Å². The van der Waals surface area contributed by atoms with Crippen LogP contribution in [0.1, 0.15) is 41.3 Å². The molecule has 0 saturated heterocycles.